The molecule has 0 radical (unpaired) electrons. The van der Waals surface area contributed by atoms with Crippen LogP contribution in [0.3, 0.4) is 0 Å². The van der Waals surface area contributed by atoms with Gasteiger partial charge in [0.15, 0.2) is 0 Å². The van der Waals surface area contributed by atoms with Gasteiger partial charge in [-0.2, -0.15) is 0 Å². The van der Waals surface area contributed by atoms with Gasteiger partial charge in [-0.05, 0) is 0 Å². The predicted molar refractivity (Wildman–Crippen MR) is 53.5 cm³/mol. The van der Waals surface area contributed by atoms with Gasteiger partial charge in [0.05, 0.1) is 31.5 Å². The lowest BCUT2D eigenvalue weighted by atomic mass is 9.63. The lowest BCUT2D eigenvalue weighted by molar-refractivity contribution is -0.158. The van der Waals surface area contributed by atoms with E-state index in [1.54, 1.807) is 0 Å². The van der Waals surface area contributed by atoms with E-state index in [1.807, 2.05) is 24.3 Å². The summed E-state index contributed by atoms with van der Waals surface area (Å²) in [6.45, 7) is 0. The second-order valence-corrected chi connectivity index (χ2v) is 4.76. The molecule has 0 N–H and O–H groups in total. The fraction of sp³-hybridized carbons (Fsp3) is 0.583. The summed E-state index contributed by atoms with van der Waals surface area (Å²) >= 11 is 0. The fourth-order valence-corrected chi connectivity index (χ4v) is 3.71. The van der Waals surface area contributed by atoms with E-state index in [4.69, 9.17) is 14.2 Å². The van der Waals surface area contributed by atoms with Crippen molar-refractivity contribution in [3.8, 4) is 0 Å². The first-order valence-corrected chi connectivity index (χ1v) is 5.54. The van der Waals surface area contributed by atoms with Crippen molar-refractivity contribution in [2.75, 3.05) is 7.11 Å². The third-order valence-electron chi connectivity index (χ3n) is 4.30. The predicted octanol–water partition coefficient (Wildman–Crippen LogP) is 0.436. The van der Waals surface area contributed by atoms with E-state index in [0.29, 0.717) is 0 Å². The van der Waals surface area contributed by atoms with Gasteiger partial charge in [-0.1, -0.05) is 24.3 Å². The van der Waals surface area contributed by atoms with Crippen LogP contribution < -0.4 is 0 Å². The summed E-state index contributed by atoms with van der Waals surface area (Å²) in [5.41, 5.74) is -0.631. The molecular formula is C12H12O4. The Balaban J connectivity index is 1.90. The zero-order valence-electron chi connectivity index (χ0n) is 8.83. The van der Waals surface area contributed by atoms with Crippen molar-refractivity contribution in [1.82, 2.24) is 0 Å². The maximum Gasteiger partial charge on any atom is 0.318 e. The summed E-state index contributed by atoms with van der Waals surface area (Å²) in [7, 11) is 1.43. The van der Waals surface area contributed by atoms with E-state index in [2.05, 4.69) is 0 Å². The molecule has 0 spiro atoms. The highest BCUT2D eigenvalue weighted by Crippen LogP contribution is 2.61. The van der Waals surface area contributed by atoms with E-state index in [0.717, 1.165) is 0 Å². The normalized spacial score (nSPS) is 54.7. The molecule has 4 rings (SSSR count). The monoisotopic (exact) mass is 220 g/mol. The average molecular weight is 220 g/mol. The number of hydrogen-bond acceptors (Lipinski definition) is 4. The number of methoxy groups -OCH3 is 1. The van der Waals surface area contributed by atoms with Crippen LogP contribution in [0, 0.1) is 11.3 Å². The summed E-state index contributed by atoms with van der Waals surface area (Å²) in [6.07, 6.45) is 7.65. The summed E-state index contributed by atoms with van der Waals surface area (Å²) in [6, 6.07) is 0. The van der Waals surface area contributed by atoms with Crippen LogP contribution in [0.25, 0.3) is 0 Å². The van der Waals surface area contributed by atoms with Gasteiger partial charge in [-0.25, -0.2) is 0 Å². The maximum atomic E-state index is 12.1. The molecule has 84 valence electrons. The van der Waals surface area contributed by atoms with E-state index in [-0.39, 0.29) is 36.3 Å². The van der Waals surface area contributed by atoms with Crippen LogP contribution in [-0.2, 0) is 19.0 Å². The summed E-state index contributed by atoms with van der Waals surface area (Å²) in [4.78, 5) is 12.1. The molecule has 4 aliphatic heterocycles. The highest BCUT2D eigenvalue weighted by molar-refractivity contribution is 5.82. The highest BCUT2D eigenvalue weighted by Gasteiger charge is 2.73. The van der Waals surface area contributed by atoms with Crippen LogP contribution in [0.4, 0.5) is 0 Å². The van der Waals surface area contributed by atoms with E-state index in [1.165, 1.54) is 7.11 Å². The fourth-order valence-electron chi connectivity index (χ4n) is 3.71. The molecule has 0 aliphatic carbocycles. The van der Waals surface area contributed by atoms with Crippen molar-refractivity contribution in [1.29, 1.82) is 0 Å². The van der Waals surface area contributed by atoms with Gasteiger partial charge in [-0.3, -0.25) is 4.79 Å². The van der Waals surface area contributed by atoms with Gasteiger partial charge in [0, 0.05) is 5.92 Å². The van der Waals surface area contributed by atoms with E-state index in [9.17, 15) is 4.79 Å². The molecule has 4 nitrogen and oxygen atoms in total. The van der Waals surface area contributed by atoms with Gasteiger partial charge < -0.3 is 14.2 Å². The number of esters is 1. The quantitative estimate of drug-likeness (QED) is 0.475. The Labute approximate surface area is 92.9 Å². The lowest BCUT2D eigenvalue weighted by Crippen LogP contribution is -2.51. The molecule has 2 unspecified atom stereocenters. The summed E-state index contributed by atoms with van der Waals surface area (Å²) in [5, 5.41) is 0. The minimum atomic E-state index is -0.631. The largest absolute Gasteiger partial charge is 0.468 e. The topological polar surface area (TPSA) is 44.8 Å². The van der Waals surface area contributed by atoms with Crippen molar-refractivity contribution >= 4 is 5.97 Å². The van der Waals surface area contributed by atoms with Crippen molar-refractivity contribution in [2.24, 2.45) is 11.3 Å². The van der Waals surface area contributed by atoms with Crippen molar-refractivity contribution < 1.29 is 19.0 Å². The minimum absolute atomic E-state index is 0.00375. The third-order valence-corrected chi connectivity index (χ3v) is 4.30. The number of carbonyl (C=O) groups excluding carboxylic acids is 1. The first-order valence-electron chi connectivity index (χ1n) is 5.54. The van der Waals surface area contributed by atoms with Gasteiger partial charge in [0.1, 0.15) is 5.41 Å². The van der Waals surface area contributed by atoms with Crippen LogP contribution >= 0.6 is 0 Å². The van der Waals surface area contributed by atoms with Gasteiger partial charge in [-0.15, -0.1) is 0 Å². The Kier molecular flexibility index (Phi) is 1.44. The van der Waals surface area contributed by atoms with Crippen LogP contribution in [0.1, 0.15) is 0 Å². The maximum absolute atomic E-state index is 12.1. The third kappa shape index (κ3) is 0.701. The number of ether oxygens (including phenoxy) is 3. The van der Waals surface area contributed by atoms with Crippen LogP contribution in [0.15, 0.2) is 24.3 Å². The molecule has 4 aliphatic rings. The Hall–Kier alpha value is -1.13. The number of rotatable bonds is 1. The number of fused-ring (bicyclic) bond motifs is 9. The molecule has 0 amide bonds. The molecule has 0 aromatic rings. The molecule has 4 bridgehead atoms. The zero-order valence-corrected chi connectivity index (χ0v) is 8.83. The van der Waals surface area contributed by atoms with Crippen LogP contribution in [-0.4, -0.2) is 37.5 Å². The van der Waals surface area contributed by atoms with Crippen molar-refractivity contribution in [3.63, 3.8) is 0 Å². The molecule has 2 fully saturated rings. The zero-order chi connectivity index (χ0) is 10.9. The molecule has 0 aromatic carbocycles. The van der Waals surface area contributed by atoms with E-state index >= 15 is 0 Å². The number of carbonyl (C=O) groups is 1. The highest BCUT2D eigenvalue weighted by atomic mass is 16.6. The Bertz CT molecular complexity index is 397. The van der Waals surface area contributed by atoms with Crippen molar-refractivity contribution in [3.05, 3.63) is 24.3 Å². The Morgan fingerprint density at radius 1 is 1.12 bits per heavy atom. The second-order valence-electron chi connectivity index (χ2n) is 4.76. The minimum Gasteiger partial charge on any atom is -0.468 e. The second kappa shape index (κ2) is 2.57. The van der Waals surface area contributed by atoms with E-state index < -0.39 is 5.41 Å². The first kappa shape index (κ1) is 8.96. The van der Waals surface area contributed by atoms with Gasteiger partial charge in [0.2, 0.25) is 0 Å². The molecule has 4 heterocycles. The van der Waals surface area contributed by atoms with Crippen LogP contribution in [0.5, 0.6) is 0 Å². The molecule has 0 aromatic heterocycles. The first-order chi connectivity index (χ1) is 7.78. The molecule has 4 heteroatoms. The smallest absolute Gasteiger partial charge is 0.318 e. The van der Waals surface area contributed by atoms with Gasteiger partial charge >= 0.3 is 5.97 Å². The molecular weight excluding hydrogens is 208 g/mol. The molecule has 0 saturated carbocycles. The molecule has 16 heavy (non-hydrogen) atoms. The standard InChI is InChI=1S/C12H12O4/c1-14-11(13)12-8-4-2-6(15-8)10(12)7-3-5-9(12)16-7/h2-10H,1H3/t6-,7+,8+,9-,10?,12?. The Morgan fingerprint density at radius 3 is 2.19 bits per heavy atom. The van der Waals surface area contributed by atoms with Crippen molar-refractivity contribution in [2.45, 2.75) is 24.4 Å². The Morgan fingerprint density at radius 2 is 1.69 bits per heavy atom. The summed E-state index contributed by atoms with van der Waals surface area (Å²) in [5.74, 6) is -0.115. The number of hydrogen-bond donors (Lipinski definition) is 0. The van der Waals surface area contributed by atoms with Crippen LogP contribution in [0.2, 0.25) is 0 Å². The van der Waals surface area contributed by atoms with Gasteiger partial charge in [0.25, 0.3) is 0 Å². The molecule has 6 atom stereocenters. The molecule has 2 saturated heterocycles. The summed E-state index contributed by atoms with van der Waals surface area (Å²) < 4.78 is 16.6. The SMILES string of the molecule is COC(=O)C12C([C@@H]3C=C[C@H]1O3)[C@H]1C=C[C@@H]2O1. The average Bonchev–Trinajstić information content (AvgIpc) is 3.04. The lowest BCUT2D eigenvalue weighted by Gasteiger charge is -2.35.